The van der Waals surface area contributed by atoms with Crippen molar-refractivity contribution in [3.05, 3.63) is 94.5 Å². The smallest absolute Gasteiger partial charge is 0.217 e. The number of hydrogen-bond acceptors (Lipinski definition) is 2. The third kappa shape index (κ3) is 3.16. The first kappa shape index (κ1) is 18.1. The number of benzene rings is 3. The lowest BCUT2D eigenvalue weighted by molar-refractivity contribution is 0.0933. The van der Waals surface area contributed by atoms with Crippen LogP contribution in [0, 0.1) is 13.8 Å². The SMILES string of the molecule is Cc1ccc2c(c1)C[N+]1(CC(=O)c3ccccc3)CCN2Cc2cc(C)ccc21. The van der Waals surface area contributed by atoms with Crippen LogP contribution in [0.2, 0.25) is 0 Å². The molecule has 29 heavy (non-hydrogen) atoms. The third-order valence-electron chi connectivity index (χ3n) is 6.50. The van der Waals surface area contributed by atoms with Crippen molar-refractivity contribution < 1.29 is 4.79 Å². The topological polar surface area (TPSA) is 20.3 Å². The van der Waals surface area contributed by atoms with Crippen molar-refractivity contribution in [3.63, 3.8) is 0 Å². The molecule has 5 rings (SSSR count). The molecule has 1 unspecified atom stereocenters. The highest BCUT2D eigenvalue weighted by atomic mass is 16.1. The Bertz CT molecular complexity index is 1090. The maximum Gasteiger partial charge on any atom is 0.217 e. The molecular weight excluding hydrogens is 356 g/mol. The minimum absolute atomic E-state index is 0.224. The van der Waals surface area contributed by atoms with E-state index in [0.717, 1.165) is 31.7 Å². The molecule has 2 heterocycles. The molecule has 0 fully saturated rings. The zero-order chi connectivity index (χ0) is 20.0. The van der Waals surface area contributed by atoms with Gasteiger partial charge in [0.05, 0.1) is 6.54 Å². The fraction of sp³-hybridized carbons (Fsp3) is 0.269. The number of ketones is 1. The quantitative estimate of drug-likeness (QED) is 0.467. The molecular formula is C26H27N2O+. The highest BCUT2D eigenvalue weighted by Crippen LogP contribution is 2.41. The van der Waals surface area contributed by atoms with E-state index < -0.39 is 0 Å². The molecule has 1 atom stereocenters. The molecule has 3 aromatic carbocycles. The summed E-state index contributed by atoms with van der Waals surface area (Å²) in [7, 11) is 0. The van der Waals surface area contributed by atoms with Gasteiger partial charge in [-0.1, -0.05) is 53.6 Å². The predicted octanol–water partition coefficient (Wildman–Crippen LogP) is 5.03. The van der Waals surface area contributed by atoms with Crippen molar-refractivity contribution in [2.24, 2.45) is 0 Å². The summed E-state index contributed by atoms with van der Waals surface area (Å²) in [5.74, 6) is 0.224. The Morgan fingerprint density at radius 2 is 1.66 bits per heavy atom. The minimum atomic E-state index is 0.224. The lowest BCUT2D eigenvalue weighted by Gasteiger charge is -2.37. The number of fused-ring (bicyclic) bond motifs is 7. The van der Waals surface area contributed by atoms with Crippen molar-refractivity contribution in [2.45, 2.75) is 26.9 Å². The van der Waals surface area contributed by atoms with Crippen LogP contribution in [0.5, 0.6) is 0 Å². The molecule has 2 aliphatic rings. The fourth-order valence-electron chi connectivity index (χ4n) is 5.08. The van der Waals surface area contributed by atoms with Crippen LogP contribution in [0.1, 0.15) is 32.6 Å². The second-order valence-corrected chi connectivity index (χ2v) is 8.66. The van der Waals surface area contributed by atoms with E-state index in [4.69, 9.17) is 0 Å². The number of nitrogens with zero attached hydrogens (tertiary/aromatic N) is 2. The number of quaternary nitrogens is 1. The summed E-state index contributed by atoms with van der Waals surface area (Å²) in [5, 5.41) is 0. The van der Waals surface area contributed by atoms with E-state index in [1.165, 1.54) is 33.6 Å². The molecule has 3 nitrogen and oxygen atoms in total. The van der Waals surface area contributed by atoms with Crippen LogP contribution in [0.25, 0.3) is 0 Å². The van der Waals surface area contributed by atoms with Crippen LogP contribution < -0.4 is 9.38 Å². The minimum Gasteiger partial charge on any atom is -0.361 e. The monoisotopic (exact) mass is 383 g/mol. The van der Waals surface area contributed by atoms with Crippen LogP contribution in [-0.4, -0.2) is 25.4 Å². The van der Waals surface area contributed by atoms with E-state index in [1.54, 1.807) is 0 Å². The molecule has 3 aromatic rings. The Labute approximate surface area is 172 Å². The number of anilines is 1. The molecule has 0 aliphatic carbocycles. The van der Waals surface area contributed by atoms with Crippen LogP contribution in [0.3, 0.4) is 0 Å². The molecule has 2 bridgehead atoms. The van der Waals surface area contributed by atoms with Crippen molar-refractivity contribution in [3.8, 4) is 0 Å². The number of Topliss-reactive ketones (excluding diaryl/α,β-unsaturated/α-hetero) is 1. The Morgan fingerprint density at radius 3 is 2.45 bits per heavy atom. The van der Waals surface area contributed by atoms with Crippen LogP contribution in [0.4, 0.5) is 11.4 Å². The maximum absolute atomic E-state index is 13.3. The van der Waals surface area contributed by atoms with Gasteiger partial charge in [0.1, 0.15) is 25.3 Å². The average Bonchev–Trinajstić information content (AvgIpc) is 2.95. The van der Waals surface area contributed by atoms with Gasteiger partial charge in [0.15, 0.2) is 0 Å². The lowest BCUT2D eigenvalue weighted by Crippen LogP contribution is -2.53. The van der Waals surface area contributed by atoms with E-state index >= 15 is 0 Å². The summed E-state index contributed by atoms with van der Waals surface area (Å²) in [6.07, 6.45) is 0. The maximum atomic E-state index is 13.3. The molecule has 3 heteroatoms. The second-order valence-electron chi connectivity index (χ2n) is 8.66. The van der Waals surface area contributed by atoms with E-state index in [2.05, 4.69) is 55.1 Å². The van der Waals surface area contributed by atoms with Crippen molar-refractivity contribution >= 4 is 17.2 Å². The zero-order valence-corrected chi connectivity index (χ0v) is 17.2. The van der Waals surface area contributed by atoms with Gasteiger partial charge in [-0.05, 0) is 38.1 Å². The van der Waals surface area contributed by atoms with Gasteiger partial charge >= 0.3 is 0 Å². The first-order valence-electron chi connectivity index (χ1n) is 10.4. The summed E-state index contributed by atoms with van der Waals surface area (Å²) >= 11 is 0. The molecule has 146 valence electrons. The first-order chi connectivity index (χ1) is 14.0. The van der Waals surface area contributed by atoms with Gasteiger partial charge in [-0.2, -0.15) is 0 Å². The molecule has 0 amide bonds. The fourth-order valence-corrected chi connectivity index (χ4v) is 5.08. The summed E-state index contributed by atoms with van der Waals surface area (Å²) in [6, 6.07) is 23.3. The van der Waals surface area contributed by atoms with E-state index in [1.807, 2.05) is 30.3 Å². The van der Waals surface area contributed by atoms with E-state index in [9.17, 15) is 4.79 Å². The summed E-state index contributed by atoms with van der Waals surface area (Å²) in [5.41, 5.74) is 8.72. The highest BCUT2D eigenvalue weighted by molar-refractivity contribution is 5.98. The number of aryl methyl sites for hydroxylation is 2. The van der Waals surface area contributed by atoms with Crippen LogP contribution in [0.15, 0.2) is 66.7 Å². The largest absolute Gasteiger partial charge is 0.361 e. The van der Waals surface area contributed by atoms with Crippen molar-refractivity contribution in [2.75, 3.05) is 24.5 Å². The van der Waals surface area contributed by atoms with Gasteiger partial charge in [-0.3, -0.25) is 9.28 Å². The Balaban J connectivity index is 1.66. The molecule has 0 radical (unpaired) electrons. The number of carbonyl (C=O) groups is 1. The Morgan fingerprint density at radius 1 is 0.931 bits per heavy atom. The van der Waals surface area contributed by atoms with Gasteiger partial charge in [0, 0.05) is 28.9 Å². The van der Waals surface area contributed by atoms with Crippen molar-refractivity contribution in [1.82, 2.24) is 4.48 Å². The summed E-state index contributed by atoms with van der Waals surface area (Å²) in [6.45, 7) is 8.50. The lowest BCUT2D eigenvalue weighted by atomic mass is 9.99. The molecule has 0 N–H and O–H groups in total. The van der Waals surface area contributed by atoms with Crippen LogP contribution >= 0.6 is 0 Å². The van der Waals surface area contributed by atoms with E-state index in [-0.39, 0.29) is 5.78 Å². The molecule has 0 saturated carbocycles. The predicted molar refractivity (Wildman–Crippen MR) is 119 cm³/mol. The number of hydrogen-bond donors (Lipinski definition) is 0. The average molecular weight is 384 g/mol. The summed E-state index contributed by atoms with van der Waals surface area (Å²) < 4.78 is 0.705. The van der Waals surface area contributed by atoms with Gasteiger partial charge in [0.25, 0.3) is 0 Å². The zero-order valence-electron chi connectivity index (χ0n) is 17.2. The van der Waals surface area contributed by atoms with Gasteiger partial charge < -0.3 is 4.90 Å². The summed E-state index contributed by atoms with van der Waals surface area (Å²) in [4.78, 5) is 15.9. The van der Waals surface area contributed by atoms with Gasteiger partial charge in [0.2, 0.25) is 5.78 Å². The second kappa shape index (κ2) is 6.85. The Hall–Kier alpha value is -2.91. The molecule has 0 aromatic heterocycles. The third-order valence-corrected chi connectivity index (χ3v) is 6.50. The van der Waals surface area contributed by atoms with Crippen LogP contribution in [-0.2, 0) is 13.1 Å². The number of carbonyl (C=O) groups excluding carboxylic acids is 1. The molecule has 0 spiro atoms. The molecule has 2 aliphatic heterocycles. The van der Waals surface area contributed by atoms with Crippen molar-refractivity contribution in [1.29, 1.82) is 0 Å². The molecule has 0 saturated heterocycles. The number of rotatable bonds is 3. The standard InChI is InChI=1S/C26H27N2O/c1-19-8-10-24-23(15-19)17-28(18-26(29)21-6-4-3-5-7-21)13-12-27(24)16-22-14-20(2)9-11-25(22)28/h3-11,14-15H,12-13,16-18H2,1-2H3/q+1. The Kier molecular flexibility index (Phi) is 4.29. The normalized spacial score (nSPS) is 19.9. The first-order valence-corrected chi connectivity index (χ1v) is 10.4. The van der Waals surface area contributed by atoms with Gasteiger partial charge in [-0.15, -0.1) is 0 Å². The van der Waals surface area contributed by atoms with E-state index in [0.29, 0.717) is 11.0 Å². The van der Waals surface area contributed by atoms with Gasteiger partial charge in [-0.25, -0.2) is 0 Å². The highest BCUT2D eigenvalue weighted by Gasteiger charge is 2.42.